The number of carbonyl (C=O) groups excluding carboxylic acids is 2. The molecule has 1 rings (SSSR count). The van der Waals surface area contributed by atoms with Crippen molar-refractivity contribution in [3.63, 3.8) is 0 Å². The van der Waals surface area contributed by atoms with Crippen molar-refractivity contribution in [2.75, 3.05) is 0 Å². The van der Waals surface area contributed by atoms with Crippen molar-refractivity contribution in [3.8, 4) is 0 Å². The van der Waals surface area contributed by atoms with Gasteiger partial charge in [0.1, 0.15) is 0 Å². The Morgan fingerprint density at radius 3 is 1.55 bits per heavy atom. The van der Waals surface area contributed by atoms with Crippen LogP contribution in [0, 0.1) is 0 Å². The maximum Gasteiger partial charge on any atom is 0.00213 e. The molecule has 0 aliphatic carbocycles. The van der Waals surface area contributed by atoms with Gasteiger partial charge in [0.2, 0.25) is 0 Å². The molecule has 0 amide bonds. The first-order chi connectivity index (χ1) is 4.36. The molecule has 1 aromatic heterocycles. The molecule has 0 aliphatic heterocycles. The monoisotopic (exact) mass is 672 g/mol. The number of hydrogen-bond acceptors (Lipinski definition) is 3. The van der Waals surface area contributed by atoms with E-state index in [1.807, 2.05) is 0 Å². The van der Waals surface area contributed by atoms with Gasteiger partial charge in [-0.15, -0.1) is 9.75 Å². The van der Waals surface area contributed by atoms with Gasteiger partial charge >= 0.3 is 0 Å². The van der Waals surface area contributed by atoms with E-state index in [0.29, 0.717) is 9.75 Å². The van der Waals surface area contributed by atoms with Crippen LogP contribution >= 0.6 is 11.3 Å². The largest absolute Gasteiger partial charge is 0.417 e. The molecule has 0 N–H and O–H groups in total. The van der Waals surface area contributed by atoms with Crippen molar-refractivity contribution in [1.82, 2.24) is 0 Å². The fourth-order valence-electron chi connectivity index (χ4n) is 0.448. The number of rotatable bonds is 2. The molecule has 50 valence electrons. The minimum Gasteiger partial charge on any atom is -0.417 e. The third kappa shape index (κ3) is 1.77. The van der Waals surface area contributed by atoms with Crippen LogP contribution in [0.1, 0.15) is 9.75 Å². The zero-order chi connectivity index (χ0) is 6.69. The fraction of sp³-hybridized carbons (Fsp3) is 0. The second-order valence-electron chi connectivity index (χ2n) is 1.37. The summed E-state index contributed by atoms with van der Waals surface area (Å²) in [5, 5.41) is 0. The Hall–Kier alpha value is -2.96. The summed E-state index contributed by atoms with van der Waals surface area (Å²) in [4.78, 5) is 20.7. The maximum atomic E-state index is 9.89. The molecule has 0 saturated heterocycles. The average molecular weight is 672 g/mol. The van der Waals surface area contributed by atoms with Crippen LogP contribution in [0.2, 0.25) is 0 Å². The average Bonchev–Trinajstić information content (AvgIpc) is 2.34. The Kier molecular flexibility index (Phi) is 3.95. The molecule has 0 unspecified atom stereocenters. The van der Waals surface area contributed by atoms with Gasteiger partial charge in [-0.1, -0.05) is 0 Å². The van der Waals surface area contributed by atoms with Crippen LogP contribution in [0.3, 0.4) is 0 Å². The molecule has 0 aromatic carbocycles. The molecule has 0 saturated carbocycles. The molecule has 11 heavy (non-hydrogen) atoms. The van der Waals surface area contributed by atoms with Crippen LogP contribution in [-0.2, 0) is 9.59 Å². The van der Waals surface area contributed by atoms with Gasteiger partial charge in [-0.2, -0.15) is 0 Å². The molecule has 1 aromatic rings. The van der Waals surface area contributed by atoms with Crippen LogP contribution < -0.4 is 0 Å². The predicted octanol–water partition coefficient (Wildman–Crippen LogP) is 0.664. The first-order valence-corrected chi connectivity index (χ1v) is 3.04. The van der Waals surface area contributed by atoms with E-state index in [2.05, 4.69) is 0 Å². The van der Waals surface area contributed by atoms with E-state index in [0.717, 1.165) is 11.3 Å². The molecule has 0 bridgehead atoms. The smallest absolute Gasteiger partial charge is 0.00213 e. The van der Waals surface area contributed by atoms with E-state index >= 15 is 0 Å². The summed E-state index contributed by atoms with van der Waals surface area (Å²) < 4.78 is 0. The van der Waals surface area contributed by atoms with E-state index in [1.54, 1.807) is 12.6 Å². The van der Waals surface area contributed by atoms with Crippen molar-refractivity contribution in [1.29, 1.82) is 0 Å². The SMILES string of the molecule is O=[C-]c1ccc([C-]=O)s1.[Rf].[Rf]. The second-order valence-corrected chi connectivity index (χ2v) is 2.45. The minimum absolute atomic E-state index is 0. The molecule has 0 radical (unpaired) electrons. The molecular formula is C6H2O2Rf2S-2. The van der Waals surface area contributed by atoms with Crippen molar-refractivity contribution >= 4 is 23.9 Å². The Morgan fingerprint density at radius 1 is 1.00 bits per heavy atom. The molecule has 0 fully saturated rings. The van der Waals surface area contributed by atoms with E-state index < -0.39 is 0 Å². The first kappa shape index (κ1) is 10.9. The van der Waals surface area contributed by atoms with Gasteiger partial charge in [0, 0.05) is 12.6 Å². The molecule has 1 heterocycles. The fourth-order valence-corrected chi connectivity index (χ4v) is 1.04. The molecule has 0 spiro atoms. The third-order valence-electron chi connectivity index (χ3n) is 0.807. The number of thiophene rings is 1. The van der Waals surface area contributed by atoms with Gasteiger partial charge in [-0.25, -0.2) is 11.3 Å². The summed E-state index contributed by atoms with van der Waals surface area (Å²) in [6.07, 6.45) is 3.34. The summed E-state index contributed by atoms with van der Waals surface area (Å²) in [5.41, 5.74) is 0. The van der Waals surface area contributed by atoms with E-state index in [9.17, 15) is 9.59 Å². The van der Waals surface area contributed by atoms with Gasteiger partial charge in [-0.05, 0) is 0 Å². The number of hydrogen-bond donors (Lipinski definition) is 0. The van der Waals surface area contributed by atoms with E-state index in [1.165, 1.54) is 12.1 Å². The molecule has 0 atom stereocenters. The van der Waals surface area contributed by atoms with Crippen molar-refractivity contribution in [2.45, 2.75) is 0 Å². The van der Waals surface area contributed by atoms with Crippen LogP contribution in [-0.4, -0.2) is 12.6 Å². The quantitative estimate of drug-likeness (QED) is 0.434. The zero-order valence-electron chi connectivity index (χ0n) is 5.79. The zero-order valence-corrected chi connectivity index (χ0v) is 19.4. The molecule has 5 heteroatoms. The minimum atomic E-state index is 0. The summed E-state index contributed by atoms with van der Waals surface area (Å²) >= 11 is 1.09. The molecule has 2 nitrogen and oxygen atoms in total. The third-order valence-corrected chi connectivity index (χ3v) is 1.69. The first-order valence-electron chi connectivity index (χ1n) is 2.23. The Balaban J connectivity index is 0. The molecule has 0 aliphatic rings. The van der Waals surface area contributed by atoms with Crippen LogP contribution in [0.5, 0.6) is 0 Å². The summed E-state index contributed by atoms with van der Waals surface area (Å²) in [5.74, 6) is 0. The standard InChI is InChI=1S/C6H2O2S.2Rf/c7-3-5-1-2-6(4-8)9-5;;/h1-2H;;/q-2;;. The van der Waals surface area contributed by atoms with Gasteiger partial charge in [0.15, 0.2) is 0 Å². The Bertz CT molecular complexity index is 212. The second kappa shape index (κ2) is 3.97. The predicted molar refractivity (Wildman–Crippen MR) is 33.9 cm³/mol. The van der Waals surface area contributed by atoms with Crippen molar-refractivity contribution < 1.29 is 9.59 Å². The normalized spacial score (nSPS) is 7.27. The van der Waals surface area contributed by atoms with Crippen molar-refractivity contribution in [3.05, 3.63) is 21.9 Å². The summed E-state index contributed by atoms with van der Waals surface area (Å²) in [7, 11) is 0. The van der Waals surface area contributed by atoms with Gasteiger partial charge in [0.25, 0.3) is 0 Å². The topological polar surface area (TPSA) is 34.1 Å². The Labute approximate surface area is 56.1 Å². The van der Waals surface area contributed by atoms with E-state index in [-0.39, 0.29) is 0 Å². The maximum absolute atomic E-state index is 9.89. The summed E-state index contributed by atoms with van der Waals surface area (Å²) in [6.45, 7) is 0. The van der Waals surface area contributed by atoms with Crippen LogP contribution in [0.15, 0.2) is 12.1 Å². The van der Waals surface area contributed by atoms with Gasteiger partial charge < -0.3 is 9.59 Å². The van der Waals surface area contributed by atoms with Crippen LogP contribution in [0.4, 0.5) is 0 Å². The Morgan fingerprint density at radius 2 is 1.36 bits per heavy atom. The summed E-state index contributed by atoms with van der Waals surface area (Å²) in [6, 6.07) is 3.08. The van der Waals surface area contributed by atoms with E-state index in [4.69, 9.17) is 0 Å². The molecular weight excluding hydrogens is 670 g/mol. The van der Waals surface area contributed by atoms with Gasteiger partial charge in [0.05, 0.1) is 0 Å². The van der Waals surface area contributed by atoms with Crippen molar-refractivity contribution in [2.24, 2.45) is 0 Å². The van der Waals surface area contributed by atoms with Crippen LogP contribution in [0.25, 0.3) is 0 Å². The van der Waals surface area contributed by atoms with Gasteiger partial charge in [-0.3, -0.25) is 12.1 Å².